The minimum atomic E-state index is -0.861. The molecule has 0 spiro atoms. The molecule has 0 aliphatic carbocycles. The summed E-state index contributed by atoms with van der Waals surface area (Å²) in [5.41, 5.74) is 0. The minimum absolute atomic E-state index is 0.0370. The lowest BCUT2D eigenvalue weighted by atomic mass is 10.0. The zero-order valence-electron chi connectivity index (χ0n) is 43.7. The van der Waals surface area contributed by atoms with E-state index in [0.29, 0.717) is 19.4 Å². The molecule has 0 rings (SSSR count). The SMILES string of the molecule is CCCCCC/C=C\C/C=C\CCCCCCCC(=O)OCCCCC/C=C\C=C/CCCCCCCCC(=O)NC(CO)C(O)/C=C/CCCCCCCCCCCCCCCCCC. The third-order valence-corrected chi connectivity index (χ3v) is 12.8. The van der Waals surface area contributed by atoms with Gasteiger partial charge in [-0.1, -0.05) is 235 Å². The lowest BCUT2D eigenvalue weighted by molar-refractivity contribution is -0.143. The number of hydrogen-bond donors (Lipinski definition) is 3. The summed E-state index contributed by atoms with van der Waals surface area (Å²) in [5.74, 6) is -0.128. The molecule has 0 radical (unpaired) electrons. The molecular formula is C60H109NO5. The van der Waals surface area contributed by atoms with E-state index < -0.39 is 12.1 Å². The van der Waals surface area contributed by atoms with Crippen LogP contribution in [0.2, 0.25) is 0 Å². The van der Waals surface area contributed by atoms with Crippen molar-refractivity contribution in [2.24, 2.45) is 0 Å². The summed E-state index contributed by atoms with van der Waals surface area (Å²) in [6.07, 6.45) is 70.9. The van der Waals surface area contributed by atoms with Crippen LogP contribution in [0.1, 0.15) is 284 Å². The number of carbonyl (C=O) groups is 2. The number of allylic oxidation sites excluding steroid dienone is 9. The van der Waals surface area contributed by atoms with Crippen molar-refractivity contribution in [2.45, 2.75) is 296 Å². The Balaban J connectivity index is 3.57. The molecule has 384 valence electrons. The molecule has 1 amide bonds. The van der Waals surface area contributed by atoms with Crippen LogP contribution in [0, 0.1) is 0 Å². The molecule has 6 heteroatoms. The molecule has 0 aromatic rings. The zero-order chi connectivity index (χ0) is 47.9. The highest BCUT2D eigenvalue weighted by Gasteiger charge is 2.18. The molecular weight excluding hydrogens is 815 g/mol. The predicted molar refractivity (Wildman–Crippen MR) is 287 cm³/mol. The van der Waals surface area contributed by atoms with Gasteiger partial charge >= 0.3 is 5.97 Å². The molecule has 0 aromatic heterocycles. The number of carbonyl (C=O) groups excluding carboxylic acids is 2. The maximum absolute atomic E-state index is 12.5. The van der Waals surface area contributed by atoms with Gasteiger partial charge in [-0.15, -0.1) is 0 Å². The van der Waals surface area contributed by atoms with Gasteiger partial charge in [-0.05, 0) is 96.3 Å². The quantitative estimate of drug-likeness (QED) is 0.0244. The van der Waals surface area contributed by atoms with Gasteiger partial charge < -0.3 is 20.3 Å². The Bertz CT molecular complexity index is 1160. The maximum atomic E-state index is 12.5. The predicted octanol–water partition coefficient (Wildman–Crippen LogP) is 17.6. The summed E-state index contributed by atoms with van der Waals surface area (Å²) in [6, 6.07) is -0.647. The molecule has 0 aliphatic heterocycles. The molecule has 6 nitrogen and oxygen atoms in total. The summed E-state index contributed by atoms with van der Waals surface area (Å²) >= 11 is 0. The number of rotatable bonds is 52. The first-order valence-electron chi connectivity index (χ1n) is 28.6. The van der Waals surface area contributed by atoms with Crippen molar-refractivity contribution in [1.82, 2.24) is 5.32 Å². The lowest BCUT2D eigenvalue weighted by Crippen LogP contribution is -2.45. The fraction of sp³-hybridized carbons (Fsp3) is 0.800. The second-order valence-electron chi connectivity index (χ2n) is 19.3. The molecule has 0 saturated heterocycles. The van der Waals surface area contributed by atoms with Gasteiger partial charge in [-0.2, -0.15) is 0 Å². The fourth-order valence-electron chi connectivity index (χ4n) is 8.36. The van der Waals surface area contributed by atoms with E-state index in [9.17, 15) is 19.8 Å². The number of amides is 1. The largest absolute Gasteiger partial charge is 0.466 e. The van der Waals surface area contributed by atoms with Gasteiger partial charge in [0.2, 0.25) is 5.91 Å². The van der Waals surface area contributed by atoms with Crippen LogP contribution in [0.3, 0.4) is 0 Å². The zero-order valence-corrected chi connectivity index (χ0v) is 43.7. The van der Waals surface area contributed by atoms with Crippen molar-refractivity contribution >= 4 is 11.9 Å². The van der Waals surface area contributed by atoms with Crippen molar-refractivity contribution < 1.29 is 24.5 Å². The fourth-order valence-corrected chi connectivity index (χ4v) is 8.36. The number of hydrogen-bond acceptors (Lipinski definition) is 5. The number of unbranched alkanes of at least 4 members (excludes halogenated alkanes) is 34. The Hall–Kier alpha value is -2.44. The highest BCUT2D eigenvalue weighted by Crippen LogP contribution is 2.15. The molecule has 2 atom stereocenters. The lowest BCUT2D eigenvalue weighted by Gasteiger charge is -2.20. The average molecular weight is 925 g/mol. The first-order valence-corrected chi connectivity index (χ1v) is 28.6. The minimum Gasteiger partial charge on any atom is -0.466 e. The summed E-state index contributed by atoms with van der Waals surface area (Å²) in [5, 5.41) is 23.1. The van der Waals surface area contributed by atoms with Gasteiger partial charge in [0.15, 0.2) is 0 Å². The topological polar surface area (TPSA) is 95.9 Å². The average Bonchev–Trinajstić information content (AvgIpc) is 3.32. The Morgan fingerprint density at radius 3 is 1.26 bits per heavy atom. The van der Waals surface area contributed by atoms with Crippen molar-refractivity contribution in [3.8, 4) is 0 Å². The van der Waals surface area contributed by atoms with Crippen molar-refractivity contribution in [3.63, 3.8) is 0 Å². The molecule has 2 unspecified atom stereocenters. The molecule has 0 heterocycles. The van der Waals surface area contributed by atoms with E-state index in [-0.39, 0.29) is 18.5 Å². The van der Waals surface area contributed by atoms with Crippen LogP contribution in [0.5, 0.6) is 0 Å². The highest BCUT2D eigenvalue weighted by atomic mass is 16.5. The first kappa shape index (κ1) is 63.6. The van der Waals surface area contributed by atoms with E-state index in [0.717, 1.165) is 89.9 Å². The second kappa shape index (κ2) is 55.2. The first-order chi connectivity index (χ1) is 32.5. The van der Waals surface area contributed by atoms with Gasteiger partial charge in [0.1, 0.15) is 0 Å². The smallest absolute Gasteiger partial charge is 0.305 e. The molecule has 3 N–H and O–H groups in total. The number of esters is 1. The van der Waals surface area contributed by atoms with E-state index in [2.05, 4.69) is 67.8 Å². The van der Waals surface area contributed by atoms with E-state index in [4.69, 9.17) is 4.74 Å². The summed E-state index contributed by atoms with van der Waals surface area (Å²) in [6.45, 7) is 4.82. The third kappa shape index (κ3) is 51.0. The Morgan fingerprint density at radius 2 is 0.803 bits per heavy atom. The van der Waals surface area contributed by atoms with Crippen LogP contribution < -0.4 is 5.32 Å². The highest BCUT2D eigenvalue weighted by molar-refractivity contribution is 5.76. The normalized spacial score (nSPS) is 13.1. The number of nitrogens with one attached hydrogen (secondary N) is 1. The van der Waals surface area contributed by atoms with Crippen LogP contribution in [0.4, 0.5) is 0 Å². The molecule has 0 bridgehead atoms. The molecule has 0 saturated carbocycles. The van der Waals surface area contributed by atoms with E-state index in [1.807, 2.05) is 6.08 Å². The Labute approximate surface area is 409 Å². The monoisotopic (exact) mass is 924 g/mol. The van der Waals surface area contributed by atoms with Crippen LogP contribution in [0.15, 0.2) is 60.8 Å². The Kier molecular flexibility index (Phi) is 53.1. The van der Waals surface area contributed by atoms with Gasteiger partial charge in [-0.25, -0.2) is 0 Å². The Morgan fingerprint density at radius 1 is 0.439 bits per heavy atom. The van der Waals surface area contributed by atoms with E-state index in [1.165, 1.54) is 167 Å². The standard InChI is InChI=1S/C60H109NO5/c1-3-5-7-9-11-13-15-17-19-21-22-24-28-32-36-40-44-48-52-58(63)57(56-62)61-59(64)53-49-45-41-37-33-29-25-23-27-31-35-39-43-47-51-55-66-60(65)54-50-46-42-38-34-30-26-20-18-16-14-12-10-8-6-4-2/h14,16,20,23,26-27,31,35,48,52,57-58,62-63H,3-13,15,17-19,21-22,24-25,28-30,32-34,36-47,49-51,53-56H2,1-2H3,(H,61,64)/b16-14-,26-20-,27-23-,35-31-,52-48+. The summed E-state index contributed by atoms with van der Waals surface area (Å²) in [7, 11) is 0. The van der Waals surface area contributed by atoms with Crippen molar-refractivity contribution in [2.75, 3.05) is 13.2 Å². The number of aliphatic hydroxyl groups is 2. The van der Waals surface area contributed by atoms with Crippen LogP contribution >= 0.6 is 0 Å². The van der Waals surface area contributed by atoms with Crippen LogP contribution in [-0.2, 0) is 14.3 Å². The van der Waals surface area contributed by atoms with Crippen molar-refractivity contribution in [3.05, 3.63) is 60.8 Å². The molecule has 0 aromatic carbocycles. The third-order valence-electron chi connectivity index (χ3n) is 12.8. The van der Waals surface area contributed by atoms with Gasteiger partial charge in [0, 0.05) is 12.8 Å². The molecule has 66 heavy (non-hydrogen) atoms. The number of ether oxygens (including phenoxy) is 1. The van der Waals surface area contributed by atoms with E-state index in [1.54, 1.807) is 6.08 Å². The van der Waals surface area contributed by atoms with Crippen LogP contribution in [0.25, 0.3) is 0 Å². The van der Waals surface area contributed by atoms with E-state index >= 15 is 0 Å². The summed E-state index contributed by atoms with van der Waals surface area (Å²) < 4.78 is 5.44. The maximum Gasteiger partial charge on any atom is 0.305 e. The number of aliphatic hydroxyl groups excluding tert-OH is 2. The van der Waals surface area contributed by atoms with Crippen LogP contribution in [-0.4, -0.2) is 47.4 Å². The van der Waals surface area contributed by atoms with Gasteiger partial charge in [0.25, 0.3) is 0 Å². The van der Waals surface area contributed by atoms with Gasteiger partial charge in [0.05, 0.1) is 25.4 Å². The molecule has 0 aliphatic rings. The summed E-state index contributed by atoms with van der Waals surface area (Å²) in [4.78, 5) is 24.5. The van der Waals surface area contributed by atoms with Gasteiger partial charge in [-0.3, -0.25) is 9.59 Å². The second-order valence-corrected chi connectivity index (χ2v) is 19.3. The van der Waals surface area contributed by atoms with Crippen molar-refractivity contribution in [1.29, 1.82) is 0 Å². The molecule has 0 fully saturated rings.